The number of fused-ring (bicyclic) bond motifs is 1. The lowest BCUT2D eigenvalue weighted by molar-refractivity contribution is -0.0115. The van der Waals surface area contributed by atoms with E-state index in [1.807, 2.05) is 0 Å². The van der Waals surface area contributed by atoms with E-state index in [1.165, 1.54) is 0 Å². The number of hydrogen-bond donors (Lipinski definition) is 1. The van der Waals surface area contributed by atoms with Crippen molar-refractivity contribution < 1.29 is 8.78 Å². The summed E-state index contributed by atoms with van der Waals surface area (Å²) in [5.41, 5.74) is 0.752. The summed E-state index contributed by atoms with van der Waals surface area (Å²) < 4.78 is 28.2. The summed E-state index contributed by atoms with van der Waals surface area (Å²) in [7, 11) is 0. The van der Waals surface area contributed by atoms with Crippen LogP contribution in [0.3, 0.4) is 0 Å². The zero-order valence-electron chi connectivity index (χ0n) is 7.49. The second-order valence-electron chi connectivity index (χ2n) is 3.23. The molecule has 1 aromatic rings. The maximum absolute atomic E-state index is 13.5. The molecule has 2 rings (SSSR count). The fraction of sp³-hybridized carbons (Fsp3) is 0.333. The molecule has 15 heavy (non-hydrogen) atoms. The quantitative estimate of drug-likeness (QED) is 0.739. The topological polar surface area (TPSA) is 12.0 Å². The summed E-state index contributed by atoms with van der Waals surface area (Å²) >= 11 is 6.45. The minimum atomic E-state index is -2.78. The molecule has 0 fully saturated rings. The van der Waals surface area contributed by atoms with Crippen LogP contribution in [0.4, 0.5) is 8.78 Å². The normalized spacial score (nSPS) is 17.9. The molecule has 6 heteroatoms. The fourth-order valence-electron chi connectivity index (χ4n) is 1.62. The Morgan fingerprint density at radius 2 is 1.93 bits per heavy atom. The first-order valence-corrected chi connectivity index (χ1v) is 5.66. The summed E-state index contributed by atoms with van der Waals surface area (Å²) in [6.45, 7) is 0.198. The van der Waals surface area contributed by atoms with E-state index in [4.69, 9.17) is 0 Å². The highest BCUT2D eigenvalue weighted by molar-refractivity contribution is 9.11. The van der Waals surface area contributed by atoms with Gasteiger partial charge in [-0.1, -0.05) is 31.9 Å². The average molecular weight is 363 g/mol. The molecule has 0 atom stereocenters. The Balaban J connectivity index is 0.00000112. The molecule has 0 amide bonds. The van der Waals surface area contributed by atoms with Crippen LogP contribution >= 0.6 is 44.3 Å². The lowest BCUT2D eigenvalue weighted by Crippen LogP contribution is -2.37. The third kappa shape index (κ3) is 2.52. The van der Waals surface area contributed by atoms with Crippen LogP contribution in [0.25, 0.3) is 0 Å². The van der Waals surface area contributed by atoms with Gasteiger partial charge in [0.2, 0.25) is 0 Å². The molecule has 1 heterocycles. The Morgan fingerprint density at radius 1 is 1.27 bits per heavy atom. The first-order valence-electron chi connectivity index (χ1n) is 4.07. The molecule has 1 aliphatic rings. The molecule has 1 aliphatic heterocycles. The van der Waals surface area contributed by atoms with Crippen molar-refractivity contribution in [3.05, 3.63) is 32.2 Å². The second kappa shape index (κ2) is 4.65. The summed E-state index contributed by atoms with van der Waals surface area (Å²) in [5, 5.41) is 2.69. The molecule has 0 radical (unpaired) electrons. The van der Waals surface area contributed by atoms with Crippen LogP contribution in [0, 0.1) is 0 Å². The Kier molecular flexibility index (Phi) is 4.14. The highest BCUT2D eigenvalue weighted by atomic mass is 79.9. The van der Waals surface area contributed by atoms with Crippen molar-refractivity contribution in [3.63, 3.8) is 0 Å². The predicted molar refractivity (Wildman–Crippen MR) is 64.7 cm³/mol. The van der Waals surface area contributed by atoms with E-state index >= 15 is 0 Å². The van der Waals surface area contributed by atoms with Crippen LogP contribution in [-0.2, 0) is 12.5 Å². The Morgan fingerprint density at radius 3 is 2.60 bits per heavy atom. The van der Waals surface area contributed by atoms with Crippen LogP contribution in [0.1, 0.15) is 11.1 Å². The fourth-order valence-corrected chi connectivity index (χ4v) is 3.22. The van der Waals surface area contributed by atoms with Crippen molar-refractivity contribution in [2.75, 3.05) is 6.54 Å². The summed E-state index contributed by atoms with van der Waals surface area (Å²) in [5.74, 6) is -2.78. The van der Waals surface area contributed by atoms with Gasteiger partial charge in [0.25, 0.3) is 5.92 Å². The van der Waals surface area contributed by atoms with Gasteiger partial charge in [-0.05, 0) is 17.7 Å². The van der Waals surface area contributed by atoms with Gasteiger partial charge in [-0.2, -0.15) is 8.78 Å². The van der Waals surface area contributed by atoms with Crippen molar-refractivity contribution in [2.24, 2.45) is 0 Å². The highest BCUT2D eigenvalue weighted by Gasteiger charge is 2.38. The molecular formula is C9H8Br2ClF2N. The van der Waals surface area contributed by atoms with E-state index in [-0.39, 0.29) is 24.5 Å². The molecule has 0 spiro atoms. The van der Waals surface area contributed by atoms with Gasteiger partial charge in [0.1, 0.15) is 0 Å². The molecule has 0 aromatic heterocycles. The van der Waals surface area contributed by atoms with Crippen LogP contribution in [-0.4, -0.2) is 6.54 Å². The molecule has 0 aliphatic carbocycles. The Bertz CT molecular complexity index is 385. The van der Waals surface area contributed by atoms with Crippen molar-refractivity contribution in [1.29, 1.82) is 0 Å². The van der Waals surface area contributed by atoms with E-state index in [0.29, 0.717) is 16.6 Å². The molecule has 0 bridgehead atoms. The lowest BCUT2D eigenvalue weighted by Gasteiger charge is -2.27. The van der Waals surface area contributed by atoms with Crippen molar-refractivity contribution in [1.82, 2.24) is 5.32 Å². The molecule has 84 valence electrons. The lowest BCUT2D eigenvalue weighted by atomic mass is 9.98. The van der Waals surface area contributed by atoms with Gasteiger partial charge in [-0.3, -0.25) is 0 Å². The van der Waals surface area contributed by atoms with Gasteiger partial charge in [0, 0.05) is 21.1 Å². The standard InChI is InChI=1S/C9H7Br2F2N.ClH/c10-6-1-5-3-14-4-9(12,13)8(5)7(11)2-6;/h1-2,14H,3-4H2;1H. The minimum Gasteiger partial charge on any atom is -0.307 e. The van der Waals surface area contributed by atoms with Crippen LogP contribution in [0.15, 0.2) is 21.1 Å². The number of hydrogen-bond acceptors (Lipinski definition) is 1. The van der Waals surface area contributed by atoms with Gasteiger partial charge in [-0.15, -0.1) is 12.4 Å². The number of rotatable bonds is 0. The van der Waals surface area contributed by atoms with Gasteiger partial charge < -0.3 is 5.32 Å². The average Bonchev–Trinajstić information content (AvgIpc) is 2.00. The van der Waals surface area contributed by atoms with Gasteiger partial charge in [0.05, 0.1) is 6.54 Å². The predicted octanol–water partition coefficient (Wildman–Crippen LogP) is 3.83. The second-order valence-corrected chi connectivity index (χ2v) is 5.00. The van der Waals surface area contributed by atoms with Gasteiger partial charge >= 0.3 is 0 Å². The van der Waals surface area contributed by atoms with Crippen LogP contribution < -0.4 is 5.32 Å². The summed E-state index contributed by atoms with van der Waals surface area (Å²) in [6.07, 6.45) is 0. The largest absolute Gasteiger partial charge is 0.307 e. The van der Waals surface area contributed by atoms with Gasteiger partial charge in [0.15, 0.2) is 0 Å². The molecule has 1 nitrogen and oxygen atoms in total. The maximum Gasteiger partial charge on any atom is 0.286 e. The third-order valence-electron chi connectivity index (χ3n) is 2.16. The zero-order chi connectivity index (χ0) is 10.3. The highest BCUT2D eigenvalue weighted by Crippen LogP contribution is 2.39. The van der Waals surface area contributed by atoms with Crippen molar-refractivity contribution in [3.8, 4) is 0 Å². The number of nitrogens with one attached hydrogen (secondary N) is 1. The number of benzene rings is 1. The van der Waals surface area contributed by atoms with E-state index in [1.54, 1.807) is 12.1 Å². The molecular weight excluding hydrogens is 355 g/mol. The zero-order valence-corrected chi connectivity index (χ0v) is 11.5. The number of halogens is 5. The smallest absolute Gasteiger partial charge is 0.286 e. The van der Waals surface area contributed by atoms with E-state index in [9.17, 15) is 8.78 Å². The molecule has 1 N–H and O–H groups in total. The van der Waals surface area contributed by atoms with E-state index in [2.05, 4.69) is 37.2 Å². The first kappa shape index (κ1) is 13.4. The van der Waals surface area contributed by atoms with E-state index in [0.717, 1.165) is 4.47 Å². The number of alkyl halides is 2. The Labute approximate surface area is 109 Å². The molecule has 1 aromatic carbocycles. The first-order chi connectivity index (χ1) is 6.50. The third-order valence-corrected chi connectivity index (χ3v) is 3.25. The minimum absolute atomic E-state index is 0. The SMILES string of the molecule is Cl.FC1(F)CNCc2cc(Br)cc(Br)c21. The summed E-state index contributed by atoms with van der Waals surface area (Å²) in [6, 6.07) is 3.37. The monoisotopic (exact) mass is 361 g/mol. The van der Waals surface area contributed by atoms with Crippen LogP contribution in [0.5, 0.6) is 0 Å². The van der Waals surface area contributed by atoms with Crippen molar-refractivity contribution >= 4 is 44.3 Å². The summed E-state index contributed by atoms with van der Waals surface area (Å²) in [4.78, 5) is 0. The Hall–Kier alpha value is 0.290. The molecule has 0 saturated heterocycles. The molecule has 0 unspecified atom stereocenters. The van der Waals surface area contributed by atoms with Crippen LogP contribution in [0.2, 0.25) is 0 Å². The molecule has 0 saturated carbocycles. The maximum atomic E-state index is 13.5. The van der Waals surface area contributed by atoms with Crippen molar-refractivity contribution in [2.45, 2.75) is 12.5 Å². The van der Waals surface area contributed by atoms with Gasteiger partial charge in [-0.25, -0.2) is 0 Å². The van der Waals surface area contributed by atoms with E-state index < -0.39 is 5.92 Å².